The van der Waals surface area contributed by atoms with E-state index in [0.717, 1.165) is 11.4 Å². The van der Waals surface area contributed by atoms with Gasteiger partial charge >= 0.3 is 0 Å². The SMILES string of the molecule is Cc1ccccc(Nc2cccnc2N)cccc1. The first-order valence-corrected chi connectivity index (χ1v) is 6.13. The van der Waals surface area contributed by atoms with E-state index in [2.05, 4.69) is 29.4 Å². The van der Waals surface area contributed by atoms with E-state index in [1.807, 2.05) is 48.5 Å². The molecule has 1 aromatic heterocycles. The van der Waals surface area contributed by atoms with Gasteiger partial charge in [-0.1, -0.05) is 42.0 Å². The van der Waals surface area contributed by atoms with Gasteiger partial charge in [-0.3, -0.25) is 0 Å². The van der Waals surface area contributed by atoms with E-state index in [9.17, 15) is 0 Å². The second-order valence-electron chi connectivity index (χ2n) is 4.20. The van der Waals surface area contributed by atoms with Gasteiger partial charge in [-0.2, -0.15) is 0 Å². The molecule has 0 bridgehead atoms. The number of nitrogens with zero attached hydrogens (tertiary/aromatic N) is 1. The van der Waals surface area contributed by atoms with Gasteiger partial charge in [0.05, 0.1) is 5.69 Å². The third-order valence-electron chi connectivity index (χ3n) is 2.61. The lowest BCUT2D eigenvalue weighted by atomic mass is 10.2. The van der Waals surface area contributed by atoms with Crippen molar-refractivity contribution in [1.82, 2.24) is 4.98 Å². The fraction of sp³-hybridized carbons (Fsp3) is 0.0625. The fourth-order valence-electron chi connectivity index (χ4n) is 1.61. The highest BCUT2D eigenvalue weighted by Gasteiger charge is 1.97. The second-order valence-corrected chi connectivity index (χ2v) is 4.20. The predicted octanol–water partition coefficient (Wildman–Crippen LogP) is 3.84. The molecule has 3 N–H and O–H groups in total. The summed E-state index contributed by atoms with van der Waals surface area (Å²) in [5.41, 5.74) is 8.78. The van der Waals surface area contributed by atoms with Gasteiger partial charge in [-0.15, -0.1) is 0 Å². The van der Waals surface area contributed by atoms with Gasteiger partial charge < -0.3 is 11.1 Å². The van der Waals surface area contributed by atoms with Crippen molar-refractivity contribution in [2.45, 2.75) is 6.92 Å². The van der Waals surface area contributed by atoms with Gasteiger partial charge in [0.25, 0.3) is 0 Å². The first-order chi connectivity index (χ1) is 9.25. The molecule has 19 heavy (non-hydrogen) atoms. The maximum Gasteiger partial charge on any atom is 0.147 e. The minimum atomic E-state index is 0.490. The Hall–Kier alpha value is -2.55. The maximum atomic E-state index is 5.82. The van der Waals surface area contributed by atoms with Crippen LogP contribution in [0.3, 0.4) is 0 Å². The number of aromatic nitrogens is 1. The number of nitrogen functional groups attached to an aromatic ring is 1. The Balaban J connectivity index is 2.33. The molecule has 0 fully saturated rings. The van der Waals surface area contributed by atoms with E-state index >= 15 is 0 Å². The summed E-state index contributed by atoms with van der Waals surface area (Å²) in [7, 11) is 0. The number of nitrogens with two attached hydrogens (primary N) is 1. The van der Waals surface area contributed by atoms with Gasteiger partial charge in [0.1, 0.15) is 5.82 Å². The summed E-state index contributed by atoms with van der Waals surface area (Å²) in [6.07, 6.45) is 1.67. The van der Waals surface area contributed by atoms with Crippen molar-refractivity contribution in [3.63, 3.8) is 0 Å². The Morgan fingerprint density at radius 1 is 0.895 bits per heavy atom. The van der Waals surface area contributed by atoms with Gasteiger partial charge in [0.2, 0.25) is 0 Å². The first kappa shape index (κ1) is 12.9. The molecular formula is C16H17N3. The molecule has 2 rings (SSSR count). The monoisotopic (exact) mass is 251 g/mol. The smallest absolute Gasteiger partial charge is 0.147 e. The van der Waals surface area contributed by atoms with Crippen LogP contribution in [0.25, 0.3) is 0 Å². The summed E-state index contributed by atoms with van der Waals surface area (Å²) in [5.74, 6) is 0.490. The zero-order valence-electron chi connectivity index (χ0n) is 10.9. The molecule has 0 spiro atoms. The highest BCUT2D eigenvalue weighted by atomic mass is 14.9. The Kier molecular flexibility index (Phi) is 4.34. The molecule has 0 atom stereocenters. The van der Waals surface area contributed by atoms with Crippen molar-refractivity contribution in [2.75, 3.05) is 11.1 Å². The topological polar surface area (TPSA) is 50.9 Å². The molecule has 2 aromatic rings. The third-order valence-corrected chi connectivity index (χ3v) is 2.61. The lowest BCUT2D eigenvalue weighted by Gasteiger charge is -2.06. The molecule has 0 aliphatic rings. The number of anilines is 3. The number of hydrogen-bond acceptors (Lipinski definition) is 3. The molecule has 0 aliphatic carbocycles. The van der Waals surface area contributed by atoms with Crippen molar-refractivity contribution < 1.29 is 0 Å². The van der Waals surface area contributed by atoms with Gasteiger partial charge in [-0.25, -0.2) is 4.98 Å². The van der Waals surface area contributed by atoms with Crippen LogP contribution in [0.4, 0.5) is 17.2 Å². The number of pyridine rings is 1. The molecule has 0 saturated carbocycles. The lowest BCUT2D eigenvalue weighted by Crippen LogP contribution is -1.97. The molecule has 0 radical (unpaired) electrons. The highest BCUT2D eigenvalue weighted by molar-refractivity contribution is 5.68. The maximum absolute atomic E-state index is 5.82. The van der Waals surface area contributed by atoms with Crippen molar-refractivity contribution >= 4 is 17.2 Å². The molecule has 0 amide bonds. The van der Waals surface area contributed by atoms with Crippen LogP contribution in [-0.4, -0.2) is 4.98 Å². The number of aryl methyl sites for hydroxylation is 1. The summed E-state index contributed by atoms with van der Waals surface area (Å²) in [6.45, 7) is 2.06. The molecule has 0 aliphatic heterocycles. The normalized spacial score (nSPS) is 9.53. The molecular weight excluding hydrogens is 234 g/mol. The summed E-state index contributed by atoms with van der Waals surface area (Å²) < 4.78 is 0. The van der Waals surface area contributed by atoms with Crippen molar-refractivity contribution in [1.29, 1.82) is 0 Å². The van der Waals surface area contributed by atoms with E-state index in [1.165, 1.54) is 5.56 Å². The largest absolute Gasteiger partial charge is 0.382 e. The predicted molar refractivity (Wildman–Crippen MR) is 80.7 cm³/mol. The van der Waals surface area contributed by atoms with Crippen LogP contribution in [-0.2, 0) is 0 Å². The molecule has 1 heterocycles. The fourth-order valence-corrected chi connectivity index (χ4v) is 1.61. The average molecular weight is 251 g/mol. The second kappa shape index (κ2) is 6.40. The average Bonchev–Trinajstić information content (AvgIpc) is 2.41. The van der Waals surface area contributed by atoms with E-state index in [1.54, 1.807) is 6.20 Å². The van der Waals surface area contributed by atoms with E-state index < -0.39 is 0 Å². The van der Waals surface area contributed by atoms with Crippen LogP contribution in [0, 0.1) is 6.92 Å². The van der Waals surface area contributed by atoms with E-state index in [-0.39, 0.29) is 0 Å². The van der Waals surface area contributed by atoms with Crippen LogP contribution >= 0.6 is 0 Å². The van der Waals surface area contributed by atoms with Gasteiger partial charge in [-0.05, 0) is 31.2 Å². The van der Waals surface area contributed by atoms with Crippen LogP contribution in [0.1, 0.15) is 5.56 Å². The summed E-state index contributed by atoms with van der Waals surface area (Å²) in [6, 6.07) is 19.8. The molecule has 0 saturated heterocycles. The van der Waals surface area contributed by atoms with Crippen LogP contribution in [0.2, 0.25) is 0 Å². The minimum Gasteiger partial charge on any atom is -0.382 e. The molecule has 3 heteroatoms. The standard InChI is InChI=1S/C16H17N3/c1-13-7-2-4-9-14(10-5-3-8-13)19-15-11-6-12-18-16(15)17/h2-12,19H,1H3,(H2,17,18). The van der Waals surface area contributed by atoms with Crippen molar-refractivity contribution in [3.05, 3.63) is 72.4 Å². The Labute approximate surface area is 113 Å². The van der Waals surface area contributed by atoms with Crippen molar-refractivity contribution in [3.8, 4) is 0 Å². The summed E-state index contributed by atoms with van der Waals surface area (Å²) in [4.78, 5) is 4.05. The zero-order valence-corrected chi connectivity index (χ0v) is 10.9. The highest BCUT2D eigenvalue weighted by Crippen LogP contribution is 2.19. The van der Waals surface area contributed by atoms with E-state index in [0.29, 0.717) is 5.82 Å². The van der Waals surface area contributed by atoms with Crippen LogP contribution in [0.5, 0.6) is 0 Å². The zero-order chi connectivity index (χ0) is 13.5. The first-order valence-electron chi connectivity index (χ1n) is 6.13. The Morgan fingerprint density at radius 3 is 2.16 bits per heavy atom. The third kappa shape index (κ3) is 4.00. The number of nitrogens with one attached hydrogen (secondary N) is 1. The minimum absolute atomic E-state index is 0.490. The lowest BCUT2D eigenvalue weighted by molar-refractivity contribution is 1.33. The number of rotatable bonds is 2. The van der Waals surface area contributed by atoms with Gasteiger partial charge in [0, 0.05) is 11.9 Å². The summed E-state index contributed by atoms with van der Waals surface area (Å²) in [5, 5.41) is 3.26. The summed E-state index contributed by atoms with van der Waals surface area (Å²) >= 11 is 0. The molecule has 3 nitrogen and oxygen atoms in total. The quantitative estimate of drug-likeness (QED) is 0.852. The Bertz CT molecular complexity index is 580. The van der Waals surface area contributed by atoms with Crippen molar-refractivity contribution in [2.24, 2.45) is 0 Å². The van der Waals surface area contributed by atoms with E-state index in [4.69, 9.17) is 5.73 Å². The molecule has 0 unspecified atom stereocenters. The number of hydrogen-bond donors (Lipinski definition) is 2. The van der Waals surface area contributed by atoms with Crippen LogP contribution in [0.15, 0.2) is 66.9 Å². The molecule has 1 aromatic carbocycles. The van der Waals surface area contributed by atoms with Gasteiger partial charge in [0.15, 0.2) is 0 Å². The molecule has 96 valence electrons. The Morgan fingerprint density at radius 2 is 1.53 bits per heavy atom. The van der Waals surface area contributed by atoms with Crippen LogP contribution < -0.4 is 11.1 Å².